The number of carbonyl (C=O) groups excluding carboxylic acids is 2. The van der Waals surface area contributed by atoms with Crippen LogP contribution in [0.15, 0.2) is 60.7 Å². The van der Waals surface area contributed by atoms with Crippen molar-refractivity contribution in [3.05, 3.63) is 71.8 Å². The minimum Gasteiger partial charge on any atom is -0.475 e. The lowest BCUT2D eigenvalue weighted by atomic mass is 9.83. The Balaban J connectivity index is 0.000000240. The van der Waals surface area contributed by atoms with Crippen molar-refractivity contribution >= 4 is 23.5 Å². The molecule has 8 heteroatoms. The van der Waals surface area contributed by atoms with Gasteiger partial charge in [0.2, 0.25) is 0 Å². The first-order valence-electron chi connectivity index (χ1n) is 10.2. The largest absolute Gasteiger partial charge is 0.475 e. The van der Waals surface area contributed by atoms with Gasteiger partial charge in [-0.25, -0.2) is 9.59 Å². The fraction of sp³-hybridized carbons (Fsp3) is 0.333. The van der Waals surface area contributed by atoms with Crippen LogP contribution in [0.1, 0.15) is 46.4 Å². The number of carbonyl (C=O) groups is 4. The van der Waals surface area contributed by atoms with Gasteiger partial charge in [0, 0.05) is 24.3 Å². The molecule has 0 aromatic heterocycles. The molecule has 0 heterocycles. The van der Waals surface area contributed by atoms with Crippen LogP contribution in [-0.2, 0) is 9.59 Å². The zero-order valence-corrected chi connectivity index (χ0v) is 17.6. The molecule has 1 aliphatic rings. The van der Waals surface area contributed by atoms with Crippen LogP contribution in [0.2, 0.25) is 0 Å². The minimum atomic E-state index is -1.42. The Hall–Kier alpha value is -3.36. The second-order valence-corrected chi connectivity index (χ2v) is 7.25. The third-order valence-electron chi connectivity index (χ3n) is 4.94. The Bertz CT molecular complexity index is 783. The van der Waals surface area contributed by atoms with Gasteiger partial charge in [0.25, 0.3) is 11.6 Å². The maximum absolute atomic E-state index is 10.7. The smallest absolute Gasteiger partial charge is 0.377 e. The zero-order chi connectivity index (χ0) is 23.9. The molecular weight excluding hydrogens is 416 g/mol. The summed E-state index contributed by atoms with van der Waals surface area (Å²) in [5, 5.41) is 34.1. The van der Waals surface area contributed by atoms with Crippen LogP contribution >= 0.6 is 0 Å². The van der Waals surface area contributed by atoms with Crippen molar-refractivity contribution in [2.75, 3.05) is 13.2 Å². The predicted molar refractivity (Wildman–Crippen MR) is 116 cm³/mol. The van der Waals surface area contributed by atoms with Crippen molar-refractivity contribution in [1.29, 1.82) is 0 Å². The van der Waals surface area contributed by atoms with Crippen LogP contribution in [0.3, 0.4) is 0 Å². The lowest BCUT2D eigenvalue weighted by molar-refractivity contribution is -0.132. The summed E-state index contributed by atoms with van der Waals surface area (Å²) in [6, 6.07) is 15.8. The van der Waals surface area contributed by atoms with E-state index in [0.717, 1.165) is 25.7 Å². The lowest BCUT2D eigenvalue weighted by Gasteiger charge is -2.25. The zero-order valence-electron chi connectivity index (χ0n) is 17.6. The van der Waals surface area contributed by atoms with E-state index in [1.54, 1.807) is 36.4 Å². The standard InChI is InChI=1S/2C8H6O3.C8H16O2/c2*9-7(8(10)11)6-4-2-1-3-5-6;9-5-7-1-2-8(6-10)4-3-7/h2*1-5H,(H,10,11);7-10H,1-6H2. The molecule has 1 fully saturated rings. The van der Waals surface area contributed by atoms with E-state index in [2.05, 4.69) is 0 Å². The number of aliphatic carboxylic acids is 2. The number of Topliss-reactive ketones (excluding diaryl/α,β-unsaturated/α-hetero) is 2. The Morgan fingerprint density at radius 1 is 0.594 bits per heavy atom. The van der Waals surface area contributed by atoms with Gasteiger partial charge < -0.3 is 20.4 Å². The molecule has 1 aliphatic carbocycles. The number of rotatable bonds is 6. The number of aliphatic hydroxyl groups excluding tert-OH is 2. The average molecular weight is 444 g/mol. The SMILES string of the molecule is O=C(O)C(=O)c1ccccc1.O=C(O)C(=O)c1ccccc1.OCC1CCC(CO)CC1. The lowest BCUT2D eigenvalue weighted by Crippen LogP contribution is -2.19. The number of hydrogen-bond acceptors (Lipinski definition) is 6. The second-order valence-electron chi connectivity index (χ2n) is 7.25. The summed E-state index contributed by atoms with van der Waals surface area (Å²) in [7, 11) is 0. The number of benzene rings is 2. The van der Waals surface area contributed by atoms with Crippen LogP contribution in [0.25, 0.3) is 0 Å². The minimum absolute atomic E-state index is 0.208. The molecule has 8 nitrogen and oxygen atoms in total. The average Bonchev–Trinajstić information content (AvgIpc) is 2.84. The molecule has 2 aromatic rings. The van der Waals surface area contributed by atoms with Gasteiger partial charge in [0.1, 0.15) is 0 Å². The van der Waals surface area contributed by atoms with E-state index < -0.39 is 23.5 Å². The maximum atomic E-state index is 10.7. The van der Waals surface area contributed by atoms with Gasteiger partial charge in [-0.2, -0.15) is 0 Å². The van der Waals surface area contributed by atoms with E-state index in [-0.39, 0.29) is 11.1 Å². The van der Waals surface area contributed by atoms with Gasteiger partial charge in [-0.15, -0.1) is 0 Å². The highest BCUT2D eigenvalue weighted by Gasteiger charge is 2.19. The molecule has 32 heavy (non-hydrogen) atoms. The first-order chi connectivity index (χ1) is 15.3. The molecule has 1 saturated carbocycles. The highest BCUT2D eigenvalue weighted by molar-refractivity contribution is 6.40. The molecule has 0 radical (unpaired) electrons. The van der Waals surface area contributed by atoms with Gasteiger partial charge in [-0.1, -0.05) is 60.7 Å². The summed E-state index contributed by atoms with van der Waals surface area (Å²) in [5.41, 5.74) is 0.417. The van der Waals surface area contributed by atoms with Crippen molar-refractivity contribution in [2.45, 2.75) is 25.7 Å². The van der Waals surface area contributed by atoms with Crippen LogP contribution < -0.4 is 0 Å². The number of carboxylic acid groups (broad SMARTS) is 2. The first kappa shape index (κ1) is 26.7. The van der Waals surface area contributed by atoms with Crippen molar-refractivity contribution in [3.63, 3.8) is 0 Å². The highest BCUT2D eigenvalue weighted by atomic mass is 16.4. The molecule has 0 atom stereocenters. The summed E-state index contributed by atoms with van der Waals surface area (Å²) in [6.45, 7) is 0.663. The van der Waals surface area contributed by atoms with E-state index in [1.165, 1.54) is 24.3 Å². The van der Waals surface area contributed by atoms with E-state index >= 15 is 0 Å². The Kier molecular flexibility index (Phi) is 12.2. The van der Waals surface area contributed by atoms with Crippen LogP contribution in [-0.4, -0.2) is 57.1 Å². The number of ketones is 2. The Labute approximate surface area is 186 Å². The molecule has 0 spiro atoms. The quantitative estimate of drug-likeness (QED) is 0.392. The molecule has 0 unspecified atom stereocenters. The van der Waals surface area contributed by atoms with E-state index in [4.69, 9.17) is 20.4 Å². The van der Waals surface area contributed by atoms with E-state index in [1.807, 2.05) is 0 Å². The van der Waals surface area contributed by atoms with Crippen LogP contribution in [0.5, 0.6) is 0 Å². The predicted octanol–water partition coefficient (Wildman–Crippen LogP) is 2.69. The van der Waals surface area contributed by atoms with E-state index in [0.29, 0.717) is 25.0 Å². The first-order valence-corrected chi connectivity index (χ1v) is 10.2. The van der Waals surface area contributed by atoms with Gasteiger partial charge >= 0.3 is 11.9 Å². The summed E-state index contributed by atoms with van der Waals surface area (Å²) in [4.78, 5) is 41.8. The molecule has 3 rings (SSSR count). The van der Waals surface area contributed by atoms with Crippen LogP contribution in [0.4, 0.5) is 0 Å². The van der Waals surface area contributed by atoms with Gasteiger partial charge in [0.15, 0.2) is 0 Å². The molecular formula is C24H28O8. The second kappa shape index (κ2) is 14.6. The molecule has 2 aromatic carbocycles. The molecule has 0 saturated heterocycles. The van der Waals surface area contributed by atoms with Crippen molar-refractivity contribution in [2.24, 2.45) is 11.8 Å². The molecule has 0 amide bonds. The third-order valence-corrected chi connectivity index (χ3v) is 4.94. The normalized spacial score (nSPS) is 16.9. The van der Waals surface area contributed by atoms with Gasteiger partial charge in [0.05, 0.1) is 0 Å². The summed E-state index contributed by atoms with van der Waals surface area (Å²) < 4.78 is 0. The van der Waals surface area contributed by atoms with Crippen LogP contribution in [0, 0.1) is 11.8 Å². The summed E-state index contributed by atoms with van der Waals surface area (Å²) in [6.07, 6.45) is 4.40. The molecule has 0 aliphatic heterocycles. The van der Waals surface area contributed by atoms with Crippen molar-refractivity contribution in [3.8, 4) is 0 Å². The van der Waals surface area contributed by atoms with Gasteiger partial charge in [-0.3, -0.25) is 9.59 Å². The third kappa shape index (κ3) is 9.63. The number of carboxylic acids is 2. The summed E-state index contributed by atoms with van der Waals surface area (Å²) >= 11 is 0. The Morgan fingerprint density at radius 3 is 1.09 bits per heavy atom. The van der Waals surface area contributed by atoms with Gasteiger partial charge in [-0.05, 0) is 37.5 Å². The summed E-state index contributed by atoms with van der Waals surface area (Å²) in [5.74, 6) is -3.55. The molecule has 0 bridgehead atoms. The Morgan fingerprint density at radius 2 is 0.875 bits per heavy atom. The van der Waals surface area contributed by atoms with Crippen molar-refractivity contribution in [1.82, 2.24) is 0 Å². The number of hydrogen-bond donors (Lipinski definition) is 4. The monoisotopic (exact) mass is 444 g/mol. The number of aliphatic hydroxyl groups is 2. The maximum Gasteiger partial charge on any atom is 0.377 e. The molecule has 172 valence electrons. The highest BCUT2D eigenvalue weighted by Crippen LogP contribution is 2.27. The fourth-order valence-corrected chi connectivity index (χ4v) is 3.02. The topological polar surface area (TPSA) is 149 Å². The molecule has 4 N–H and O–H groups in total. The fourth-order valence-electron chi connectivity index (χ4n) is 3.02. The van der Waals surface area contributed by atoms with E-state index in [9.17, 15) is 19.2 Å². The van der Waals surface area contributed by atoms with Crippen molar-refractivity contribution < 1.29 is 39.6 Å².